The Bertz CT molecular complexity index is 827. The number of fused-ring (bicyclic) bond motifs is 3. The van der Waals surface area contributed by atoms with Gasteiger partial charge in [0.05, 0.1) is 0 Å². The van der Waals surface area contributed by atoms with Gasteiger partial charge in [0.25, 0.3) is 0 Å². The summed E-state index contributed by atoms with van der Waals surface area (Å²) in [5.74, 6) is 0. The zero-order chi connectivity index (χ0) is 17.5. The average Bonchev–Trinajstić information content (AvgIpc) is 2.73. The molecule has 2 aromatic rings. The molecule has 2 N–H and O–H groups in total. The Balaban J connectivity index is 1.99. The molecule has 24 heavy (non-hydrogen) atoms. The lowest BCUT2D eigenvalue weighted by atomic mass is 9.84. The molecular weight excluding hydrogens is 323 g/mol. The highest BCUT2D eigenvalue weighted by atomic mass is 31.2. The lowest BCUT2D eigenvalue weighted by Gasteiger charge is -2.18. The van der Waals surface area contributed by atoms with Crippen molar-refractivity contribution in [1.29, 1.82) is 0 Å². The quantitative estimate of drug-likeness (QED) is 0.643. The summed E-state index contributed by atoms with van der Waals surface area (Å²) < 4.78 is 15.2. The average molecular weight is 348 g/mol. The van der Waals surface area contributed by atoms with Gasteiger partial charge in [-0.15, -0.1) is 0 Å². The number of aromatic nitrogens is 2. The standard InChI is InChI=1S/C18H23N2O3P/c1-4-7-19-8-5-14-15-6-9-20(10-11-24(21,22)23)13-17(15)18(2,3)16(14)12-19/h5-6,8-9,12-13H,4,7,10-11H2,1-3H3/p+2. The number of hydrogen-bond acceptors (Lipinski definition) is 1. The fourth-order valence-corrected chi connectivity index (χ4v) is 3.96. The molecule has 0 saturated heterocycles. The van der Waals surface area contributed by atoms with Gasteiger partial charge in [-0.05, 0) is 11.1 Å². The lowest BCUT2D eigenvalue weighted by Crippen LogP contribution is -2.37. The van der Waals surface area contributed by atoms with Gasteiger partial charge in [-0.3, -0.25) is 4.57 Å². The number of hydrogen-bond donors (Lipinski definition) is 2. The van der Waals surface area contributed by atoms with E-state index in [2.05, 4.69) is 49.9 Å². The van der Waals surface area contributed by atoms with E-state index in [1.165, 1.54) is 22.3 Å². The maximum Gasteiger partial charge on any atom is 0.331 e. The minimum absolute atomic E-state index is 0.118. The minimum atomic E-state index is -3.98. The highest BCUT2D eigenvalue weighted by molar-refractivity contribution is 7.51. The van der Waals surface area contributed by atoms with Crippen LogP contribution in [-0.4, -0.2) is 15.9 Å². The third-order valence-electron chi connectivity index (χ3n) is 4.80. The first-order valence-electron chi connectivity index (χ1n) is 8.34. The van der Waals surface area contributed by atoms with E-state index >= 15 is 0 Å². The molecule has 128 valence electrons. The van der Waals surface area contributed by atoms with E-state index in [0.717, 1.165) is 13.0 Å². The van der Waals surface area contributed by atoms with Crippen LogP contribution in [0.5, 0.6) is 0 Å². The Morgan fingerprint density at radius 3 is 1.96 bits per heavy atom. The predicted octanol–water partition coefficient (Wildman–Crippen LogP) is 2.16. The van der Waals surface area contributed by atoms with E-state index in [1.807, 2.05) is 17.0 Å². The molecule has 0 aromatic carbocycles. The van der Waals surface area contributed by atoms with Gasteiger partial charge in [-0.1, -0.05) is 20.8 Å². The van der Waals surface area contributed by atoms with Crippen LogP contribution < -0.4 is 9.13 Å². The summed E-state index contributed by atoms with van der Waals surface area (Å²) in [5.41, 5.74) is 4.86. The highest BCUT2D eigenvalue weighted by Gasteiger charge is 2.39. The third-order valence-corrected chi connectivity index (χ3v) is 5.59. The largest absolute Gasteiger partial charge is 0.331 e. The molecule has 2 heterocycles. The summed E-state index contributed by atoms with van der Waals surface area (Å²) in [4.78, 5) is 18.2. The number of rotatable bonds is 5. The molecule has 0 aliphatic heterocycles. The summed E-state index contributed by atoms with van der Waals surface area (Å²) in [6.45, 7) is 7.91. The Morgan fingerprint density at radius 1 is 1.00 bits per heavy atom. The monoisotopic (exact) mass is 348 g/mol. The van der Waals surface area contributed by atoms with E-state index in [-0.39, 0.29) is 11.6 Å². The molecule has 5 nitrogen and oxygen atoms in total. The molecule has 0 spiro atoms. The molecule has 2 aromatic heterocycles. The van der Waals surface area contributed by atoms with E-state index in [4.69, 9.17) is 9.79 Å². The third kappa shape index (κ3) is 3.16. The zero-order valence-corrected chi connectivity index (χ0v) is 15.3. The van der Waals surface area contributed by atoms with Gasteiger partial charge in [0.1, 0.15) is 12.7 Å². The summed E-state index contributed by atoms with van der Waals surface area (Å²) in [7, 11) is -3.98. The fraction of sp³-hybridized carbons (Fsp3) is 0.444. The van der Waals surface area contributed by atoms with Gasteiger partial charge in [-0.2, -0.15) is 0 Å². The number of aryl methyl sites for hydroxylation is 2. The van der Waals surface area contributed by atoms with Crippen molar-refractivity contribution in [2.45, 2.75) is 45.7 Å². The first-order chi connectivity index (χ1) is 11.2. The van der Waals surface area contributed by atoms with Crippen molar-refractivity contribution in [3.05, 3.63) is 48.0 Å². The van der Waals surface area contributed by atoms with E-state index in [0.29, 0.717) is 6.54 Å². The van der Waals surface area contributed by atoms with E-state index in [9.17, 15) is 4.57 Å². The molecule has 0 bridgehead atoms. The molecule has 0 saturated carbocycles. The number of nitrogens with zero attached hydrogens (tertiary/aromatic N) is 2. The normalized spacial score (nSPS) is 15.2. The Kier molecular flexibility index (Phi) is 4.37. The van der Waals surface area contributed by atoms with Crippen LogP contribution in [0, 0.1) is 0 Å². The van der Waals surface area contributed by atoms with Crippen molar-refractivity contribution in [2.75, 3.05) is 6.16 Å². The van der Waals surface area contributed by atoms with E-state index < -0.39 is 7.60 Å². The Labute approximate surface area is 142 Å². The topological polar surface area (TPSA) is 65.3 Å². The van der Waals surface area contributed by atoms with Crippen molar-refractivity contribution in [2.24, 2.45) is 0 Å². The van der Waals surface area contributed by atoms with Crippen LogP contribution in [0.3, 0.4) is 0 Å². The molecule has 1 aliphatic carbocycles. The maximum absolute atomic E-state index is 11.1. The second-order valence-corrected chi connectivity index (χ2v) is 8.81. The smallest absolute Gasteiger partial charge is 0.324 e. The summed E-state index contributed by atoms with van der Waals surface area (Å²) >= 11 is 0. The molecule has 0 amide bonds. The summed E-state index contributed by atoms with van der Waals surface area (Å²) in [6, 6.07) is 4.24. The first kappa shape index (κ1) is 17.3. The van der Waals surface area contributed by atoms with Crippen molar-refractivity contribution < 1.29 is 23.5 Å². The van der Waals surface area contributed by atoms with Crippen LogP contribution >= 0.6 is 7.60 Å². The van der Waals surface area contributed by atoms with Crippen molar-refractivity contribution >= 4 is 7.60 Å². The molecule has 6 heteroatoms. The van der Waals surface area contributed by atoms with Crippen molar-refractivity contribution in [3.63, 3.8) is 0 Å². The second kappa shape index (κ2) is 6.07. The molecule has 0 fully saturated rings. The maximum atomic E-state index is 11.1. The van der Waals surface area contributed by atoms with Crippen LogP contribution in [-0.2, 0) is 23.1 Å². The summed E-state index contributed by atoms with van der Waals surface area (Å²) in [6.07, 6.45) is 9.27. The van der Waals surface area contributed by atoms with Crippen LogP contribution in [0.15, 0.2) is 36.9 Å². The SMILES string of the molecule is CCC[n+]1ccc2c(c1)C(C)(C)c1c[n+](CCP(=O)(O)O)ccc1-2. The fourth-order valence-electron chi connectivity index (χ4n) is 3.47. The van der Waals surface area contributed by atoms with Crippen LogP contribution in [0.4, 0.5) is 0 Å². The van der Waals surface area contributed by atoms with Gasteiger partial charge in [0, 0.05) is 35.1 Å². The minimum Gasteiger partial charge on any atom is -0.324 e. The molecule has 0 atom stereocenters. The molecule has 0 radical (unpaired) electrons. The Morgan fingerprint density at radius 2 is 1.50 bits per heavy atom. The van der Waals surface area contributed by atoms with Crippen molar-refractivity contribution in [1.82, 2.24) is 0 Å². The first-order valence-corrected chi connectivity index (χ1v) is 10.1. The van der Waals surface area contributed by atoms with Crippen LogP contribution in [0.25, 0.3) is 11.1 Å². The molecule has 0 unspecified atom stereocenters. The van der Waals surface area contributed by atoms with Crippen LogP contribution in [0.2, 0.25) is 0 Å². The summed E-state index contributed by atoms with van der Waals surface area (Å²) in [5, 5.41) is 0. The molecule has 1 aliphatic rings. The molecule has 3 rings (SSSR count). The second-order valence-electron chi connectivity index (χ2n) is 7.03. The zero-order valence-electron chi connectivity index (χ0n) is 14.4. The number of pyridine rings is 2. The van der Waals surface area contributed by atoms with E-state index in [1.54, 1.807) is 0 Å². The van der Waals surface area contributed by atoms with Crippen molar-refractivity contribution in [3.8, 4) is 11.1 Å². The van der Waals surface area contributed by atoms with Gasteiger partial charge >= 0.3 is 7.60 Å². The Hall–Kier alpha value is -1.55. The molecular formula is C18H25N2O3P+2. The highest BCUT2D eigenvalue weighted by Crippen LogP contribution is 2.47. The van der Waals surface area contributed by atoms with Crippen LogP contribution in [0.1, 0.15) is 38.3 Å². The lowest BCUT2D eigenvalue weighted by molar-refractivity contribution is -0.697. The predicted molar refractivity (Wildman–Crippen MR) is 91.6 cm³/mol. The van der Waals surface area contributed by atoms with Gasteiger partial charge in [0.2, 0.25) is 0 Å². The van der Waals surface area contributed by atoms with Gasteiger partial charge in [0.15, 0.2) is 31.3 Å². The van der Waals surface area contributed by atoms with Gasteiger partial charge < -0.3 is 9.79 Å². The van der Waals surface area contributed by atoms with Gasteiger partial charge in [-0.25, -0.2) is 9.13 Å².